The molecule has 0 unspecified atom stereocenters. The van der Waals surface area contributed by atoms with Crippen LogP contribution in [0.15, 0.2) is 32.8 Å². The van der Waals surface area contributed by atoms with Gasteiger partial charge in [-0.1, -0.05) is 18.2 Å². The summed E-state index contributed by atoms with van der Waals surface area (Å²) in [7, 11) is 0. The molecule has 0 amide bonds. The van der Waals surface area contributed by atoms with Crippen LogP contribution in [0.4, 0.5) is 0 Å². The summed E-state index contributed by atoms with van der Waals surface area (Å²) in [6.45, 7) is 3.89. The molecule has 2 saturated carbocycles. The van der Waals surface area contributed by atoms with Crippen LogP contribution in [-0.4, -0.2) is 35.8 Å². The monoisotopic (exact) mass is 511 g/mol. The van der Waals surface area contributed by atoms with Gasteiger partial charge < -0.3 is 14.5 Å². The Hall–Kier alpha value is -2.92. The third-order valence-corrected chi connectivity index (χ3v) is 9.74. The molecule has 0 aliphatic heterocycles. The lowest BCUT2D eigenvalue weighted by Gasteiger charge is -2.30. The van der Waals surface area contributed by atoms with Crippen LogP contribution in [0.3, 0.4) is 0 Å². The fraction of sp³-hybridized carbons (Fsp3) is 0.458. The van der Waals surface area contributed by atoms with E-state index in [4.69, 9.17) is 4.42 Å². The molecule has 2 aliphatic carbocycles. The largest absolute Gasteiger partial charge is 0.477 e. The van der Waals surface area contributed by atoms with Gasteiger partial charge in [-0.15, -0.1) is 21.5 Å². The molecule has 0 saturated heterocycles. The fourth-order valence-corrected chi connectivity index (χ4v) is 7.92. The fourth-order valence-electron chi connectivity index (χ4n) is 5.99. The van der Waals surface area contributed by atoms with E-state index in [1.165, 1.54) is 37.4 Å². The van der Waals surface area contributed by atoms with Crippen molar-refractivity contribution in [3.05, 3.63) is 45.0 Å². The second-order valence-corrected chi connectivity index (χ2v) is 11.5. The maximum Gasteiger partial charge on any atom is 0.346 e. The highest BCUT2D eigenvalue weighted by Crippen LogP contribution is 2.53. The number of aromatic amines is 1. The van der Waals surface area contributed by atoms with Crippen molar-refractivity contribution in [2.75, 3.05) is 0 Å². The smallest absolute Gasteiger partial charge is 0.346 e. The number of rotatable bonds is 7. The van der Waals surface area contributed by atoms with Crippen molar-refractivity contribution in [1.29, 1.82) is 0 Å². The quantitative estimate of drug-likeness (QED) is 0.327. The van der Waals surface area contributed by atoms with Crippen LogP contribution < -0.4 is 5.56 Å². The summed E-state index contributed by atoms with van der Waals surface area (Å²) in [6, 6.07) is 3.96. The number of thiophene rings is 1. The second-order valence-electron chi connectivity index (χ2n) is 9.58. The summed E-state index contributed by atoms with van der Waals surface area (Å²) in [4.78, 5) is 32.2. The van der Waals surface area contributed by atoms with E-state index in [1.54, 1.807) is 13.2 Å². The van der Waals surface area contributed by atoms with Crippen LogP contribution in [0.2, 0.25) is 0 Å². The van der Waals surface area contributed by atoms with Crippen LogP contribution in [0.1, 0.15) is 59.7 Å². The number of aromatic nitrogens is 5. The zero-order chi connectivity index (χ0) is 24.3. The third-order valence-electron chi connectivity index (χ3n) is 7.61. The molecule has 2 bridgehead atoms. The van der Waals surface area contributed by atoms with E-state index in [2.05, 4.69) is 31.7 Å². The maximum absolute atomic E-state index is 12.7. The van der Waals surface area contributed by atoms with E-state index in [0.29, 0.717) is 44.9 Å². The van der Waals surface area contributed by atoms with E-state index in [1.807, 2.05) is 12.1 Å². The SMILES string of the molecule is Cc1c(C(=O)O)sc2nc(CSc3nnc(-c4ccco4)n3[C@@H](C)[C@H]3C[C@H]4CC[C@H]3C4)[nH]c(=O)c12. The number of furan rings is 1. The van der Waals surface area contributed by atoms with Gasteiger partial charge in [0.25, 0.3) is 5.56 Å². The Morgan fingerprint density at radius 1 is 1.37 bits per heavy atom. The first-order valence-electron chi connectivity index (χ1n) is 11.8. The minimum absolute atomic E-state index is 0.144. The average Bonchev–Trinajstić information content (AvgIpc) is 3.65. The number of hydrogen-bond donors (Lipinski definition) is 2. The van der Waals surface area contributed by atoms with Gasteiger partial charge in [-0.3, -0.25) is 9.36 Å². The van der Waals surface area contributed by atoms with Crippen LogP contribution in [0.5, 0.6) is 0 Å². The van der Waals surface area contributed by atoms with Crippen LogP contribution in [-0.2, 0) is 5.75 Å². The molecular formula is C24H25N5O4S2. The Bertz CT molecular complexity index is 1470. The van der Waals surface area contributed by atoms with Gasteiger partial charge in [-0.25, -0.2) is 9.78 Å². The number of H-pyrrole nitrogens is 1. The molecule has 9 nitrogen and oxygen atoms in total. The van der Waals surface area contributed by atoms with E-state index < -0.39 is 5.97 Å². The molecule has 0 radical (unpaired) electrons. The summed E-state index contributed by atoms with van der Waals surface area (Å²) in [5.74, 6) is 3.36. The van der Waals surface area contributed by atoms with Gasteiger partial charge in [0.1, 0.15) is 15.5 Å². The van der Waals surface area contributed by atoms with E-state index in [9.17, 15) is 14.7 Å². The first-order valence-corrected chi connectivity index (χ1v) is 13.6. The van der Waals surface area contributed by atoms with Crippen LogP contribution in [0, 0.1) is 24.7 Å². The van der Waals surface area contributed by atoms with Gasteiger partial charge in [0, 0.05) is 6.04 Å². The Labute approximate surface area is 209 Å². The summed E-state index contributed by atoms with van der Waals surface area (Å²) in [6.07, 6.45) is 6.84. The molecule has 0 spiro atoms. The van der Waals surface area contributed by atoms with Crippen molar-refractivity contribution in [2.24, 2.45) is 17.8 Å². The molecule has 4 heterocycles. The van der Waals surface area contributed by atoms with Crippen molar-refractivity contribution in [1.82, 2.24) is 24.7 Å². The van der Waals surface area contributed by atoms with Crippen molar-refractivity contribution < 1.29 is 14.3 Å². The van der Waals surface area contributed by atoms with E-state index >= 15 is 0 Å². The van der Waals surface area contributed by atoms with Crippen molar-refractivity contribution in [3.8, 4) is 11.6 Å². The third kappa shape index (κ3) is 3.81. The minimum Gasteiger partial charge on any atom is -0.477 e. The van der Waals surface area contributed by atoms with Crippen molar-refractivity contribution >= 4 is 39.3 Å². The molecule has 0 aromatic carbocycles. The molecule has 2 aliphatic rings. The Kier molecular flexibility index (Phi) is 5.56. The topological polar surface area (TPSA) is 127 Å². The number of carboxylic acid groups (broad SMARTS) is 1. The Balaban J connectivity index is 1.32. The zero-order valence-corrected chi connectivity index (χ0v) is 21.0. The molecule has 35 heavy (non-hydrogen) atoms. The maximum atomic E-state index is 12.7. The van der Waals surface area contributed by atoms with Gasteiger partial charge in [0.15, 0.2) is 10.9 Å². The highest BCUT2D eigenvalue weighted by atomic mass is 32.2. The highest BCUT2D eigenvalue weighted by molar-refractivity contribution is 7.98. The molecule has 4 aromatic heterocycles. The van der Waals surface area contributed by atoms with Crippen LogP contribution in [0.25, 0.3) is 21.8 Å². The van der Waals surface area contributed by atoms with Gasteiger partial charge in [0.05, 0.1) is 17.4 Å². The zero-order valence-electron chi connectivity index (χ0n) is 19.4. The number of thioether (sulfide) groups is 1. The number of fused-ring (bicyclic) bond motifs is 3. The molecule has 182 valence electrons. The average molecular weight is 512 g/mol. The highest BCUT2D eigenvalue weighted by Gasteiger charge is 2.43. The summed E-state index contributed by atoms with van der Waals surface area (Å²) >= 11 is 2.49. The number of hydrogen-bond acceptors (Lipinski definition) is 8. The summed E-state index contributed by atoms with van der Waals surface area (Å²) in [5, 5.41) is 19.5. The van der Waals surface area contributed by atoms with Crippen LogP contribution >= 0.6 is 23.1 Å². The number of aromatic carboxylic acids is 1. The predicted molar refractivity (Wildman–Crippen MR) is 133 cm³/mol. The normalized spacial score (nSPS) is 22.3. The molecule has 2 N–H and O–H groups in total. The first-order chi connectivity index (χ1) is 16.9. The van der Waals surface area contributed by atoms with Crippen molar-refractivity contribution in [3.63, 3.8) is 0 Å². The number of nitrogens with one attached hydrogen (secondary N) is 1. The molecular weight excluding hydrogens is 486 g/mol. The summed E-state index contributed by atoms with van der Waals surface area (Å²) < 4.78 is 7.85. The van der Waals surface area contributed by atoms with Crippen molar-refractivity contribution in [2.45, 2.75) is 56.5 Å². The van der Waals surface area contributed by atoms with Gasteiger partial charge >= 0.3 is 5.97 Å². The van der Waals surface area contributed by atoms with Gasteiger partial charge in [0.2, 0.25) is 5.82 Å². The number of carboxylic acids is 1. The van der Waals surface area contributed by atoms with Gasteiger partial charge in [-0.05, 0) is 68.6 Å². The Morgan fingerprint density at radius 2 is 2.23 bits per heavy atom. The molecule has 11 heteroatoms. The molecule has 2 fully saturated rings. The van der Waals surface area contributed by atoms with Gasteiger partial charge in [-0.2, -0.15) is 0 Å². The van der Waals surface area contributed by atoms with E-state index in [0.717, 1.165) is 28.3 Å². The number of carbonyl (C=O) groups is 1. The molecule has 4 atom stereocenters. The number of nitrogens with zero attached hydrogens (tertiary/aromatic N) is 4. The lowest BCUT2D eigenvalue weighted by atomic mass is 9.84. The lowest BCUT2D eigenvalue weighted by Crippen LogP contribution is -2.23. The predicted octanol–water partition coefficient (Wildman–Crippen LogP) is 5.13. The number of aryl methyl sites for hydroxylation is 1. The van der Waals surface area contributed by atoms with E-state index in [-0.39, 0.29) is 16.5 Å². The second kappa shape index (κ2) is 8.63. The first kappa shape index (κ1) is 22.5. The molecule has 6 rings (SSSR count). The minimum atomic E-state index is -1.05. The lowest BCUT2D eigenvalue weighted by molar-refractivity contribution is 0.0701. The standard InChI is InChI=1S/C24H25N5O4S2/c1-11-18-21(30)25-17(26-22(18)35-19(11)23(31)32)10-34-24-28-27-20(16-4-3-7-33-16)29(24)12(2)15-9-13-5-6-14(15)8-13/h3-4,7,12-15H,5-6,8-10H2,1-2H3,(H,31,32)(H,25,26,30)/t12-,13-,14-,15+/m0/s1. The Morgan fingerprint density at radius 3 is 2.91 bits per heavy atom. The summed E-state index contributed by atoms with van der Waals surface area (Å²) in [5.41, 5.74) is 0.132. The molecule has 4 aromatic rings.